The second-order valence-corrected chi connectivity index (χ2v) is 5.77. The minimum Gasteiger partial charge on any atom is -0.258 e. The molecular formula is C9H11NO2S2. The first-order valence-electron chi connectivity index (χ1n) is 4.18. The Kier molecular flexibility index (Phi) is 4.28. The summed E-state index contributed by atoms with van der Waals surface area (Å²) in [6.45, 7) is 4.12. The molecule has 0 N–H and O–H groups in total. The van der Waals surface area contributed by atoms with Crippen LogP contribution < -0.4 is 0 Å². The molecule has 0 bridgehead atoms. The summed E-state index contributed by atoms with van der Waals surface area (Å²) >= 11 is 0. The fraction of sp³-hybridized carbons (Fsp3) is 0.333. The van der Waals surface area contributed by atoms with E-state index in [4.69, 9.17) is 0 Å². The Labute approximate surface area is 90.8 Å². The lowest BCUT2D eigenvalue weighted by atomic mass is 10.3. The molecule has 0 saturated heterocycles. The number of nitro benzene ring substituents is 1. The van der Waals surface area contributed by atoms with E-state index in [-0.39, 0.29) is 10.6 Å². The number of para-hydroxylation sites is 1. The average molecular weight is 229 g/mol. The lowest BCUT2D eigenvalue weighted by Crippen LogP contribution is -1.90. The number of nitro groups is 1. The van der Waals surface area contributed by atoms with Gasteiger partial charge in [-0.05, 0) is 6.07 Å². The number of hydrogen-bond donors (Lipinski definition) is 0. The SMILES string of the molecule is CC(C)SSc1ccccc1[N+](=O)[O-]. The molecule has 0 atom stereocenters. The van der Waals surface area contributed by atoms with E-state index in [1.807, 2.05) is 6.07 Å². The third-order valence-corrected chi connectivity index (χ3v) is 4.38. The van der Waals surface area contributed by atoms with Gasteiger partial charge in [-0.1, -0.05) is 47.6 Å². The summed E-state index contributed by atoms with van der Waals surface area (Å²) in [7, 11) is 3.09. The Morgan fingerprint density at radius 1 is 1.36 bits per heavy atom. The molecule has 5 heteroatoms. The van der Waals surface area contributed by atoms with E-state index in [2.05, 4.69) is 13.8 Å². The Balaban J connectivity index is 2.79. The van der Waals surface area contributed by atoms with Gasteiger partial charge in [-0.25, -0.2) is 0 Å². The second kappa shape index (κ2) is 5.26. The predicted octanol–water partition coefficient (Wildman–Crippen LogP) is 3.74. The van der Waals surface area contributed by atoms with Crippen molar-refractivity contribution < 1.29 is 4.92 Å². The van der Waals surface area contributed by atoms with Crippen molar-refractivity contribution >= 4 is 27.3 Å². The number of nitrogens with zero attached hydrogens (tertiary/aromatic N) is 1. The van der Waals surface area contributed by atoms with Crippen LogP contribution in [-0.4, -0.2) is 10.2 Å². The molecule has 1 rings (SSSR count). The van der Waals surface area contributed by atoms with Crippen LogP contribution in [0.4, 0.5) is 5.69 Å². The smallest absolute Gasteiger partial charge is 0.258 e. The zero-order valence-electron chi connectivity index (χ0n) is 7.97. The van der Waals surface area contributed by atoms with Gasteiger partial charge in [0.05, 0.1) is 9.82 Å². The number of benzene rings is 1. The minimum atomic E-state index is -0.344. The highest BCUT2D eigenvalue weighted by Crippen LogP contribution is 2.38. The van der Waals surface area contributed by atoms with Crippen molar-refractivity contribution in [3.63, 3.8) is 0 Å². The van der Waals surface area contributed by atoms with Crippen LogP contribution in [0.25, 0.3) is 0 Å². The van der Waals surface area contributed by atoms with Gasteiger partial charge >= 0.3 is 0 Å². The normalized spacial score (nSPS) is 10.5. The largest absolute Gasteiger partial charge is 0.283 e. The van der Waals surface area contributed by atoms with Crippen molar-refractivity contribution in [2.75, 3.05) is 0 Å². The average Bonchev–Trinajstić information content (AvgIpc) is 2.15. The molecule has 0 amide bonds. The van der Waals surface area contributed by atoms with Gasteiger partial charge in [0, 0.05) is 11.3 Å². The van der Waals surface area contributed by atoms with Crippen LogP contribution in [0.5, 0.6) is 0 Å². The molecule has 0 unspecified atom stereocenters. The fourth-order valence-corrected chi connectivity index (χ4v) is 2.80. The first-order valence-corrected chi connectivity index (χ1v) is 6.39. The van der Waals surface area contributed by atoms with Gasteiger partial charge in [0.25, 0.3) is 5.69 Å². The van der Waals surface area contributed by atoms with Gasteiger partial charge in [-0.3, -0.25) is 10.1 Å². The van der Waals surface area contributed by atoms with Gasteiger partial charge in [-0.2, -0.15) is 0 Å². The molecule has 0 heterocycles. The first kappa shape index (κ1) is 11.4. The molecule has 0 aliphatic rings. The maximum atomic E-state index is 10.6. The molecule has 0 aliphatic heterocycles. The van der Waals surface area contributed by atoms with Crippen LogP contribution >= 0.6 is 21.6 Å². The van der Waals surface area contributed by atoms with Crippen LogP contribution in [0.15, 0.2) is 29.2 Å². The predicted molar refractivity (Wildman–Crippen MR) is 61.7 cm³/mol. The summed E-state index contributed by atoms with van der Waals surface area (Å²) in [5.74, 6) is 0. The van der Waals surface area contributed by atoms with E-state index in [1.165, 1.54) is 16.9 Å². The van der Waals surface area contributed by atoms with Gasteiger partial charge in [0.15, 0.2) is 0 Å². The van der Waals surface area contributed by atoms with Crippen LogP contribution in [0.2, 0.25) is 0 Å². The zero-order chi connectivity index (χ0) is 10.6. The minimum absolute atomic E-state index is 0.186. The summed E-state index contributed by atoms with van der Waals surface area (Å²) in [4.78, 5) is 11.0. The summed E-state index contributed by atoms with van der Waals surface area (Å²) < 4.78 is 0. The van der Waals surface area contributed by atoms with E-state index in [0.717, 1.165) is 4.90 Å². The Bertz CT molecular complexity index is 328. The standard InChI is InChI=1S/C9H11NO2S2/c1-7(2)13-14-9-6-4-3-5-8(9)10(11)12/h3-7H,1-2H3. The summed E-state index contributed by atoms with van der Waals surface area (Å²) in [5.41, 5.74) is 0.186. The highest BCUT2D eigenvalue weighted by Gasteiger charge is 2.13. The molecule has 0 spiro atoms. The molecule has 0 aliphatic carbocycles. The Morgan fingerprint density at radius 3 is 2.57 bits per heavy atom. The molecule has 76 valence electrons. The lowest BCUT2D eigenvalue weighted by molar-refractivity contribution is -0.387. The molecule has 1 aromatic rings. The van der Waals surface area contributed by atoms with Gasteiger partial charge in [-0.15, -0.1) is 0 Å². The maximum Gasteiger partial charge on any atom is 0.283 e. The zero-order valence-corrected chi connectivity index (χ0v) is 9.60. The van der Waals surface area contributed by atoms with Gasteiger partial charge in [0.1, 0.15) is 0 Å². The molecule has 3 nitrogen and oxygen atoms in total. The first-order chi connectivity index (χ1) is 6.61. The second-order valence-electron chi connectivity index (χ2n) is 2.95. The summed E-state index contributed by atoms with van der Waals surface area (Å²) in [6.07, 6.45) is 0. The van der Waals surface area contributed by atoms with Gasteiger partial charge < -0.3 is 0 Å². The molecule has 0 fully saturated rings. The quantitative estimate of drug-likeness (QED) is 0.448. The molecule has 0 radical (unpaired) electrons. The monoisotopic (exact) mass is 229 g/mol. The third-order valence-electron chi connectivity index (χ3n) is 1.39. The van der Waals surface area contributed by atoms with Crippen molar-refractivity contribution in [2.45, 2.75) is 24.0 Å². The summed E-state index contributed by atoms with van der Waals surface area (Å²) in [6, 6.07) is 6.81. The Morgan fingerprint density at radius 2 is 2.00 bits per heavy atom. The maximum absolute atomic E-state index is 10.6. The van der Waals surface area contributed by atoms with E-state index in [1.54, 1.807) is 22.9 Å². The molecular weight excluding hydrogens is 218 g/mol. The van der Waals surface area contributed by atoms with Crippen molar-refractivity contribution in [1.29, 1.82) is 0 Å². The van der Waals surface area contributed by atoms with Crippen molar-refractivity contribution in [2.24, 2.45) is 0 Å². The highest BCUT2D eigenvalue weighted by molar-refractivity contribution is 8.77. The highest BCUT2D eigenvalue weighted by atomic mass is 33.1. The molecule has 0 saturated carbocycles. The van der Waals surface area contributed by atoms with Crippen LogP contribution in [0, 0.1) is 10.1 Å². The molecule has 1 aromatic carbocycles. The van der Waals surface area contributed by atoms with Gasteiger partial charge in [0.2, 0.25) is 0 Å². The molecule has 0 aromatic heterocycles. The van der Waals surface area contributed by atoms with E-state index >= 15 is 0 Å². The van der Waals surface area contributed by atoms with Crippen molar-refractivity contribution in [3.8, 4) is 0 Å². The van der Waals surface area contributed by atoms with Crippen molar-refractivity contribution in [3.05, 3.63) is 34.4 Å². The van der Waals surface area contributed by atoms with Crippen LogP contribution in [0.1, 0.15) is 13.8 Å². The lowest BCUT2D eigenvalue weighted by Gasteiger charge is -2.03. The van der Waals surface area contributed by atoms with E-state index in [0.29, 0.717) is 5.25 Å². The third kappa shape index (κ3) is 3.23. The topological polar surface area (TPSA) is 43.1 Å². The van der Waals surface area contributed by atoms with Crippen LogP contribution in [0.3, 0.4) is 0 Å². The van der Waals surface area contributed by atoms with Crippen LogP contribution in [-0.2, 0) is 0 Å². The van der Waals surface area contributed by atoms with E-state index < -0.39 is 0 Å². The Hall–Kier alpha value is -0.680. The number of hydrogen-bond acceptors (Lipinski definition) is 4. The van der Waals surface area contributed by atoms with Crippen molar-refractivity contribution in [1.82, 2.24) is 0 Å². The fourth-order valence-electron chi connectivity index (χ4n) is 0.827. The molecule has 14 heavy (non-hydrogen) atoms. The van der Waals surface area contributed by atoms with E-state index in [9.17, 15) is 10.1 Å². The summed E-state index contributed by atoms with van der Waals surface area (Å²) in [5, 5.41) is 11.1. The number of rotatable bonds is 4.